The number of aliphatic hydroxyl groups is 2. The van der Waals surface area contributed by atoms with E-state index in [4.69, 9.17) is 35.8 Å². The Labute approximate surface area is 232 Å². The summed E-state index contributed by atoms with van der Waals surface area (Å²) in [5, 5.41) is 44.0. The summed E-state index contributed by atoms with van der Waals surface area (Å²) in [5.41, 5.74) is 6.27. The molecular weight excluding hydrogens is 514 g/mol. The van der Waals surface area contributed by atoms with Gasteiger partial charge in [0.15, 0.2) is 6.29 Å². The zero-order valence-electron chi connectivity index (χ0n) is 22.2. The summed E-state index contributed by atoms with van der Waals surface area (Å²) in [6.07, 6.45) is 1.23. The van der Waals surface area contributed by atoms with Crippen molar-refractivity contribution < 1.29 is 24.8 Å². The van der Waals surface area contributed by atoms with Gasteiger partial charge in [0.2, 0.25) is 18.1 Å². The van der Waals surface area contributed by atoms with Crippen molar-refractivity contribution in [2.24, 2.45) is 4.99 Å². The lowest BCUT2D eigenvalue weighted by molar-refractivity contribution is -0.0447. The molecule has 1 heterocycles. The van der Waals surface area contributed by atoms with Gasteiger partial charge in [-0.15, -0.1) is 5.10 Å². The van der Waals surface area contributed by atoms with E-state index in [1.807, 2.05) is 50.2 Å². The number of rotatable bonds is 7. The zero-order valence-corrected chi connectivity index (χ0v) is 22.2. The first-order valence-electron chi connectivity index (χ1n) is 12.3. The number of anilines is 2. The van der Waals surface area contributed by atoms with E-state index >= 15 is 0 Å². The number of hydrogen-bond acceptors (Lipinski definition) is 11. The van der Waals surface area contributed by atoms with Gasteiger partial charge in [-0.25, -0.2) is 5.10 Å². The molecule has 7 N–H and O–H groups in total. The Balaban J connectivity index is 0.000000222. The number of nitrogens with one attached hydrogen (secondary N) is 2. The second kappa shape index (κ2) is 17.4. The van der Waals surface area contributed by atoms with Gasteiger partial charge >= 0.3 is 6.08 Å². The predicted molar refractivity (Wildman–Crippen MR) is 151 cm³/mol. The van der Waals surface area contributed by atoms with Gasteiger partial charge < -0.3 is 35.8 Å². The molecule has 0 aliphatic rings. The first kappa shape index (κ1) is 31.1. The van der Waals surface area contributed by atoms with Crippen LogP contribution in [0.3, 0.4) is 0 Å². The van der Waals surface area contributed by atoms with Gasteiger partial charge in [-0.1, -0.05) is 53.5 Å². The molecule has 0 atom stereocenters. The molecule has 0 radical (unpaired) electrons. The summed E-state index contributed by atoms with van der Waals surface area (Å²) in [4.78, 5) is 7.34. The quantitative estimate of drug-likeness (QED) is 0.0856. The van der Waals surface area contributed by atoms with Crippen LogP contribution in [0.4, 0.5) is 11.9 Å². The standard InChI is InChI=1S/C14H10N2O2.C9H12O3.C5H11N5/c15-11-16-14(17-12-7-3-1-4-8-12)18-13-9-5-2-6-10-13;10-8-4-1-7(2-5-8)3-6-9(11)12;1-3(2)7-5-8-4(6)9-10-5/h1-10H;1-2,4-5,9-12H,3,6H2;3H,1-2H3,(H4,6,7,8,9,10). The number of hydrogen-bond donors (Lipinski definition) is 6. The normalized spacial score (nSPS) is 9.82. The number of nitriles is 1. The Morgan fingerprint density at radius 2 is 1.52 bits per heavy atom. The average Bonchev–Trinajstić information content (AvgIpc) is 3.34. The average molecular weight is 548 g/mol. The molecule has 0 unspecified atom stereocenters. The molecule has 3 aromatic carbocycles. The second-order valence-corrected chi connectivity index (χ2v) is 8.34. The molecule has 40 heavy (non-hydrogen) atoms. The minimum absolute atomic E-state index is 0.102. The lowest BCUT2D eigenvalue weighted by Gasteiger charge is -2.07. The van der Waals surface area contributed by atoms with E-state index in [2.05, 4.69) is 25.5 Å². The first-order valence-corrected chi connectivity index (χ1v) is 12.3. The molecule has 1 aromatic heterocycles. The molecule has 0 saturated heterocycles. The van der Waals surface area contributed by atoms with Crippen molar-refractivity contribution in [2.75, 3.05) is 11.1 Å². The van der Waals surface area contributed by atoms with Crippen LogP contribution >= 0.6 is 0 Å². The smallest absolute Gasteiger partial charge is 0.410 e. The van der Waals surface area contributed by atoms with Crippen LogP contribution in [-0.4, -0.2) is 48.9 Å². The van der Waals surface area contributed by atoms with E-state index in [1.165, 1.54) is 0 Å². The molecule has 4 rings (SSSR count). The van der Waals surface area contributed by atoms with Gasteiger partial charge in [-0.2, -0.15) is 10.2 Å². The van der Waals surface area contributed by atoms with Gasteiger partial charge in [0, 0.05) is 12.5 Å². The minimum atomic E-state index is -1.25. The predicted octanol–water partition coefficient (Wildman–Crippen LogP) is 3.82. The highest BCUT2D eigenvalue weighted by Crippen LogP contribution is 2.13. The number of nitrogens with zero attached hydrogens (tertiary/aromatic N) is 4. The number of aliphatic imine (C=N–C) groups is 1. The molecule has 0 amide bonds. The number of H-pyrrole nitrogens is 1. The van der Waals surface area contributed by atoms with Crippen molar-refractivity contribution in [3.8, 4) is 23.4 Å². The largest absolute Gasteiger partial charge is 0.508 e. The summed E-state index contributed by atoms with van der Waals surface area (Å²) in [5.74, 6) is 2.23. The second-order valence-electron chi connectivity index (χ2n) is 8.34. The van der Waals surface area contributed by atoms with Gasteiger partial charge in [-0.3, -0.25) is 0 Å². The number of aromatic hydroxyl groups is 1. The Bertz CT molecular complexity index is 1260. The van der Waals surface area contributed by atoms with Crippen molar-refractivity contribution in [3.63, 3.8) is 0 Å². The highest BCUT2D eigenvalue weighted by atomic mass is 16.7. The Kier molecular flexibility index (Phi) is 13.5. The number of nitrogens with two attached hydrogens (primary N) is 1. The maximum Gasteiger partial charge on any atom is 0.410 e. The van der Waals surface area contributed by atoms with E-state index in [0.29, 0.717) is 42.3 Å². The van der Waals surface area contributed by atoms with Crippen LogP contribution in [0.5, 0.6) is 17.2 Å². The monoisotopic (exact) mass is 547 g/mol. The molecule has 210 valence electrons. The lowest BCUT2D eigenvalue weighted by Crippen LogP contribution is -2.16. The fourth-order valence-electron chi connectivity index (χ4n) is 2.84. The number of ether oxygens (including phenoxy) is 2. The highest BCUT2D eigenvalue weighted by molar-refractivity contribution is 5.73. The van der Waals surface area contributed by atoms with Gasteiger partial charge in [0.1, 0.15) is 17.2 Å². The maximum absolute atomic E-state index is 8.94. The molecule has 0 bridgehead atoms. The number of para-hydroxylation sites is 2. The highest BCUT2D eigenvalue weighted by Gasteiger charge is 2.06. The Hall–Kier alpha value is -5.12. The molecule has 0 fully saturated rings. The Morgan fingerprint density at radius 1 is 0.975 bits per heavy atom. The van der Waals surface area contributed by atoms with E-state index in [0.717, 1.165) is 5.56 Å². The number of aryl methyl sites for hydroxylation is 1. The van der Waals surface area contributed by atoms with Crippen molar-refractivity contribution in [2.45, 2.75) is 39.0 Å². The summed E-state index contributed by atoms with van der Waals surface area (Å²) in [6, 6.07) is 25.0. The lowest BCUT2D eigenvalue weighted by atomic mass is 10.1. The summed E-state index contributed by atoms with van der Waals surface area (Å²) in [7, 11) is 0. The molecule has 0 aliphatic carbocycles. The number of phenols is 1. The number of nitrogen functional groups attached to an aromatic ring is 1. The molecule has 0 spiro atoms. The van der Waals surface area contributed by atoms with E-state index < -0.39 is 6.29 Å². The molecule has 12 heteroatoms. The summed E-state index contributed by atoms with van der Waals surface area (Å²) < 4.78 is 10.7. The molecule has 0 aliphatic heterocycles. The zero-order chi connectivity index (χ0) is 29.2. The first-order chi connectivity index (χ1) is 19.2. The molecule has 0 saturated carbocycles. The number of aromatic nitrogens is 3. The topological polar surface area (TPSA) is 195 Å². The van der Waals surface area contributed by atoms with Crippen LogP contribution in [0, 0.1) is 11.5 Å². The van der Waals surface area contributed by atoms with Crippen molar-refractivity contribution >= 4 is 18.0 Å². The number of aliphatic hydroxyl groups excluding tert-OH is 1. The molecule has 12 nitrogen and oxygen atoms in total. The van der Waals surface area contributed by atoms with Crippen molar-refractivity contribution in [3.05, 3.63) is 90.5 Å². The van der Waals surface area contributed by atoms with Crippen LogP contribution < -0.4 is 20.5 Å². The summed E-state index contributed by atoms with van der Waals surface area (Å²) >= 11 is 0. The Morgan fingerprint density at radius 3 is 1.95 bits per heavy atom. The van der Waals surface area contributed by atoms with E-state index in [9.17, 15) is 0 Å². The van der Waals surface area contributed by atoms with Crippen LogP contribution in [-0.2, 0) is 6.42 Å². The molecular formula is C28H33N7O5. The maximum atomic E-state index is 8.94. The third-order valence-corrected chi connectivity index (χ3v) is 4.59. The van der Waals surface area contributed by atoms with Crippen molar-refractivity contribution in [1.29, 1.82) is 5.26 Å². The molecule has 4 aromatic rings. The SMILES string of the molecule is CC(C)Nc1n[nH]c(N)n1.N#CN=C(Oc1ccccc1)Oc1ccccc1.Oc1ccc(CCC(O)O)cc1. The third kappa shape index (κ3) is 13.4. The third-order valence-electron chi connectivity index (χ3n) is 4.59. The van der Waals surface area contributed by atoms with Gasteiger partial charge in [0.25, 0.3) is 0 Å². The fraction of sp³-hybridized carbons (Fsp3) is 0.214. The van der Waals surface area contributed by atoms with Gasteiger partial charge in [0.05, 0.1) is 0 Å². The van der Waals surface area contributed by atoms with E-state index in [-0.39, 0.29) is 11.8 Å². The van der Waals surface area contributed by atoms with Crippen LogP contribution in [0.1, 0.15) is 25.8 Å². The van der Waals surface area contributed by atoms with Gasteiger partial charge in [-0.05, 0) is 62.2 Å². The summed E-state index contributed by atoms with van der Waals surface area (Å²) in [6.45, 7) is 4.01. The van der Waals surface area contributed by atoms with Crippen molar-refractivity contribution in [1.82, 2.24) is 15.2 Å². The fourth-order valence-corrected chi connectivity index (χ4v) is 2.84. The number of phenolic OH excluding ortho intramolecular Hbond substituents is 1. The van der Waals surface area contributed by atoms with Crippen LogP contribution in [0.2, 0.25) is 0 Å². The number of benzene rings is 3. The van der Waals surface area contributed by atoms with E-state index in [1.54, 1.807) is 54.7 Å². The minimum Gasteiger partial charge on any atom is -0.508 e. The van der Waals surface area contributed by atoms with Crippen LogP contribution in [0.25, 0.3) is 0 Å². The number of aromatic amines is 1. The van der Waals surface area contributed by atoms with Crippen LogP contribution in [0.15, 0.2) is 89.9 Å².